The SMILES string of the molecule is CC.COOC(=O)Oc1ccccc1. The van der Waals surface area contributed by atoms with Crippen LogP contribution < -0.4 is 4.74 Å². The summed E-state index contributed by atoms with van der Waals surface area (Å²) in [6.45, 7) is 4.00. The van der Waals surface area contributed by atoms with Crippen molar-refractivity contribution in [1.29, 1.82) is 0 Å². The average molecular weight is 198 g/mol. The van der Waals surface area contributed by atoms with Crippen LogP contribution >= 0.6 is 0 Å². The predicted octanol–water partition coefficient (Wildman–Crippen LogP) is 2.79. The molecule has 0 aliphatic heterocycles. The zero-order chi connectivity index (χ0) is 10.8. The van der Waals surface area contributed by atoms with E-state index in [0.717, 1.165) is 0 Å². The number of carbonyl (C=O) groups is 1. The van der Waals surface area contributed by atoms with E-state index in [1.54, 1.807) is 24.3 Å². The van der Waals surface area contributed by atoms with Gasteiger partial charge in [-0.25, -0.2) is 4.79 Å². The summed E-state index contributed by atoms with van der Waals surface area (Å²) < 4.78 is 4.67. The van der Waals surface area contributed by atoms with Gasteiger partial charge in [0.2, 0.25) is 0 Å². The minimum atomic E-state index is -0.885. The second-order valence-corrected chi connectivity index (χ2v) is 1.92. The fourth-order valence-electron chi connectivity index (χ4n) is 0.670. The van der Waals surface area contributed by atoms with Crippen LogP contribution in [0.1, 0.15) is 13.8 Å². The predicted molar refractivity (Wildman–Crippen MR) is 51.9 cm³/mol. The minimum absolute atomic E-state index is 0.416. The summed E-state index contributed by atoms with van der Waals surface area (Å²) in [5.74, 6) is 0.416. The molecule has 0 saturated carbocycles. The van der Waals surface area contributed by atoms with E-state index in [2.05, 4.69) is 14.5 Å². The minimum Gasteiger partial charge on any atom is -0.393 e. The van der Waals surface area contributed by atoms with Crippen LogP contribution in [-0.2, 0) is 9.78 Å². The zero-order valence-electron chi connectivity index (χ0n) is 8.52. The maximum atomic E-state index is 10.6. The Morgan fingerprint density at radius 1 is 1.14 bits per heavy atom. The third-order valence-corrected chi connectivity index (χ3v) is 1.10. The van der Waals surface area contributed by atoms with E-state index in [0.29, 0.717) is 5.75 Å². The Balaban J connectivity index is 0.000000791. The van der Waals surface area contributed by atoms with Gasteiger partial charge in [0.05, 0.1) is 7.11 Å². The van der Waals surface area contributed by atoms with Gasteiger partial charge in [-0.3, -0.25) is 4.89 Å². The Labute approximate surface area is 83.3 Å². The van der Waals surface area contributed by atoms with Crippen molar-refractivity contribution in [3.05, 3.63) is 30.3 Å². The number of benzene rings is 1. The fraction of sp³-hybridized carbons (Fsp3) is 0.300. The lowest BCUT2D eigenvalue weighted by Crippen LogP contribution is -2.09. The molecule has 0 aliphatic carbocycles. The largest absolute Gasteiger partial charge is 0.546 e. The van der Waals surface area contributed by atoms with Crippen LogP contribution in [-0.4, -0.2) is 13.3 Å². The fourth-order valence-corrected chi connectivity index (χ4v) is 0.670. The van der Waals surface area contributed by atoms with E-state index in [1.807, 2.05) is 19.9 Å². The molecular formula is C10H14O4. The Morgan fingerprint density at radius 2 is 1.71 bits per heavy atom. The number of ether oxygens (including phenoxy) is 1. The normalized spacial score (nSPS) is 8.21. The van der Waals surface area contributed by atoms with Crippen molar-refractivity contribution in [1.82, 2.24) is 0 Å². The van der Waals surface area contributed by atoms with Crippen LogP contribution in [0, 0.1) is 0 Å². The maximum Gasteiger partial charge on any atom is 0.546 e. The van der Waals surface area contributed by atoms with Gasteiger partial charge >= 0.3 is 6.16 Å². The molecule has 78 valence electrons. The highest BCUT2D eigenvalue weighted by Crippen LogP contribution is 2.08. The third kappa shape index (κ3) is 5.16. The molecule has 0 spiro atoms. The third-order valence-electron chi connectivity index (χ3n) is 1.10. The highest BCUT2D eigenvalue weighted by atomic mass is 17.2. The van der Waals surface area contributed by atoms with Gasteiger partial charge in [0.15, 0.2) is 0 Å². The summed E-state index contributed by atoms with van der Waals surface area (Å²) in [4.78, 5) is 18.8. The van der Waals surface area contributed by atoms with Crippen molar-refractivity contribution in [3.63, 3.8) is 0 Å². The summed E-state index contributed by atoms with van der Waals surface area (Å²) >= 11 is 0. The lowest BCUT2D eigenvalue weighted by atomic mass is 10.3. The standard InChI is InChI=1S/C8H8O4.C2H6/c1-10-12-8(9)11-7-5-3-2-4-6-7;1-2/h2-6H,1H3;1-2H3. The Morgan fingerprint density at radius 3 is 2.21 bits per heavy atom. The van der Waals surface area contributed by atoms with Crippen molar-refractivity contribution in [2.24, 2.45) is 0 Å². The number of rotatable bonds is 2. The molecule has 0 saturated heterocycles. The lowest BCUT2D eigenvalue weighted by molar-refractivity contribution is -0.224. The number of para-hydroxylation sites is 1. The molecule has 1 aromatic carbocycles. The highest BCUT2D eigenvalue weighted by molar-refractivity contribution is 5.62. The van der Waals surface area contributed by atoms with E-state index in [9.17, 15) is 4.79 Å². The summed E-state index contributed by atoms with van der Waals surface area (Å²) in [5, 5.41) is 0. The van der Waals surface area contributed by atoms with Crippen molar-refractivity contribution < 1.29 is 19.3 Å². The Bertz CT molecular complexity index is 246. The van der Waals surface area contributed by atoms with Crippen LogP contribution in [0.25, 0.3) is 0 Å². The first-order valence-electron chi connectivity index (χ1n) is 4.30. The summed E-state index contributed by atoms with van der Waals surface area (Å²) in [6, 6.07) is 8.58. The molecule has 1 rings (SSSR count). The van der Waals surface area contributed by atoms with Crippen LogP contribution in [0.5, 0.6) is 5.75 Å². The van der Waals surface area contributed by atoms with Gasteiger partial charge in [-0.15, -0.1) is 0 Å². The van der Waals surface area contributed by atoms with E-state index in [1.165, 1.54) is 7.11 Å². The van der Waals surface area contributed by atoms with E-state index >= 15 is 0 Å². The molecule has 0 atom stereocenters. The molecule has 0 radical (unpaired) electrons. The molecule has 14 heavy (non-hydrogen) atoms. The van der Waals surface area contributed by atoms with Crippen molar-refractivity contribution in [2.75, 3.05) is 7.11 Å². The van der Waals surface area contributed by atoms with Gasteiger partial charge < -0.3 is 4.74 Å². The quantitative estimate of drug-likeness (QED) is 0.317. The first-order chi connectivity index (χ1) is 6.83. The Kier molecular flexibility index (Phi) is 7.17. The molecule has 0 heterocycles. The van der Waals surface area contributed by atoms with Crippen LogP contribution in [0.4, 0.5) is 4.79 Å². The number of carbonyl (C=O) groups excluding carboxylic acids is 1. The zero-order valence-corrected chi connectivity index (χ0v) is 8.52. The summed E-state index contributed by atoms with van der Waals surface area (Å²) in [6.07, 6.45) is -0.885. The van der Waals surface area contributed by atoms with Gasteiger partial charge in [-0.05, 0) is 12.1 Å². The molecule has 0 aromatic heterocycles. The van der Waals surface area contributed by atoms with Crippen LogP contribution in [0.2, 0.25) is 0 Å². The topological polar surface area (TPSA) is 44.8 Å². The average Bonchev–Trinajstić information content (AvgIpc) is 2.22. The van der Waals surface area contributed by atoms with Gasteiger partial charge in [-0.2, -0.15) is 4.89 Å². The number of hydrogen-bond acceptors (Lipinski definition) is 4. The van der Waals surface area contributed by atoms with Crippen LogP contribution in [0.3, 0.4) is 0 Å². The van der Waals surface area contributed by atoms with Crippen molar-refractivity contribution in [2.45, 2.75) is 13.8 Å². The summed E-state index contributed by atoms with van der Waals surface area (Å²) in [5.41, 5.74) is 0. The van der Waals surface area contributed by atoms with E-state index < -0.39 is 6.16 Å². The van der Waals surface area contributed by atoms with Gasteiger partial charge in [0.25, 0.3) is 0 Å². The molecule has 0 aliphatic rings. The molecule has 0 amide bonds. The molecular weight excluding hydrogens is 184 g/mol. The van der Waals surface area contributed by atoms with E-state index in [-0.39, 0.29) is 0 Å². The molecule has 0 N–H and O–H groups in total. The first kappa shape index (κ1) is 12.4. The van der Waals surface area contributed by atoms with Crippen LogP contribution in [0.15, 0.2) is 30.3 Å². The smallest absolute Gasteiger partial charge is 0.393 e. The molecule has 1 aromatic rings. The van der Waals surface area contributed by atoms with Gasteiger partial charge in [-0.1, -0.05) is 32.0 Å². The molecule has 0 unspecified atom stereocenters. The van der Waals surface area contributed by atoms with Crippen molar-refractivity contribution >= 4 is 6.16 Å². The second kappa shape index (κ2) is 8.07. The molecule has 4 heteroatoms. The molecule has 0 bridgehead atoms. The monoisotopic (exact) mass is 198 g/mol. The van der Waals surface area contributed by atoms with Crippen molar-refractivity contribution in [3.8, 4) is 5.75 Å². The number of hydrogen-bond donors (Lipinski definition) is 0. The van der Waals surface area contributed by atoms with Gasteiger partial charge in [0, 0.05) is 0 Å². The molecule has 0 fully saturated rings. The van der Waals surface area contributed by atoms with Gasteiger partial charge in [0.1, 0.15) is 5.75 Å². The lowest BCUT2D eigenvalue weighted by Gasteiger charge is -2.00. The Hall–Kier alpha value is -1.55. The second-order valence-electron chi connectivity index (χ2n) is 1.92. The summed E-state index contributed by atoms with van der Waals surface area (Å²) in [7, 11) is 1.23. The van der Waals surface area contributed by atoms with E-state index in [4.69, 9.17) is 0 Å². The maximum absolute atomic E-state index is 10.6. The highest BCUT2D eigenvalue weighted by Gasteiger charge is 2.04. The first-order valence-corrected chi connectivity index (χ1v) is 4.30. The molecule has 4 nitrogen and oxygen atoms in total.